The van der Waals surface area contributed by atoms with Crippen LogP contribution >= 0.6 is 0 Å². The standard InChI is InChI=1S/C13H19NO2/c1-10(15)12-4-2-3-5-13(12)14-11-6-8-16-9-7-11/h2-5,10-11,14-15H,6-9H2,1H3. The van der Waals surface area contributed by atoms with Gasteiger partial charge in [-0.25, -0.2) is 0 Å². The molecular weight excluding hydrogens is 202 g/mol. The summed E-state index contributed by atoms with van der Waals surface area (Å²) in [7, 11) is 0. The predicted molar refractivity (Wildman–Crippen MR) is 64.5 cm³/mol. The van der Waals surface area contributed by atoms with Crippen molar-refractivity contribution in [1.29, 1.82) is 0 Å². The van der Waals surface area contributed by atoms with Crippen LogP contribution in [0.2, 0.25) is 0 Å². The number of hydrogen-bond acceptors (Lipinski definition) is 3. The minimum Gasteiger partial charge on any atom is -0.389 e. The molecule has 0 saturated carbocycles. The zero-order valence-electron chi connectivity index (χ0n) is 9.65. The molecule has 1 aliphatic heterocycles. The quantitative estimate of drug-likeness (QED) is 0.823. The summed E-state index contributed by atoms with van der Waals surface area (Å²) < 4.78 is 5.33. The summed E-state index contributed by atoms with van der Waals surface area (Å²) in [5.41, 5.74) is 2.01. The van der Waals surface area contributed by atoms with Crippen LogP contribution in [0.3, 0.4) is 0 Å². The molecule has 1 fully saturated rings. The fourth-order valence-corrected chi connectivity index (χ4v) is 2.05. The van der Waals surface area contributed by atoms with Gasteiger partial charge in [0.15, 0.2) is 0 Å². The van der Waals surface area contributed by atoms with Gasteiger partial charge in [0.2, 0.25) is 0 Å². The summed E-state index contributed by atoms with van der Waals surface area (Å²) in [5.74, 6) is 0. The van der Waals surface area contributed by atoms with Crippen molar-refractivity contribution in [2.45, 2.75) is 31.9 Å². The Morgan fingerprint density at radius 2 is 2.00 bits per heavy atom. The van der Waals surface area contributed by atoms with Gasteiger partial charge in [0, 0.05) is 30.5 Å². The molecule has 88 valence electrons. The van der Waals surface area contributed by atoms with Crippen LogP contribution in [0.25, 0.3) is 0 Å². The van der Waals surface area contributed by atoms with Gasteiger partial charge in [-0.05, 0) is 25.8 Å². The Bertz CT molecular complexity index is 332. The lowest BCUT2D eigenvalue weighted by atomic mass is 10.0. The summed E-state index contributed by atoms with van der Waals surface area (Å²) in [4.78, 5) is 0. The second kappa shape index (κ2) is 5.32. The maximum absolute atomic E-state index is 9.67. The minimum atomic E-state index is -0.427. The molecule has 1 atom stereocenters. The molecule has 3 heteroatoms. The van der Waals surface area contributed by atoms with E-state index in [0.29, 0.717) is 6.04 Å². The highest BCUT2D eigenvalue weighted by Gasteiger charge is 2.15. The monoisotopic (exact) mass is 221 g/mol. The first-order valence-corrected chi connectivity index (χ1v) is 5.88. The van der Waals surface area contributed by atoms with Crippen molar-refractivity contribution in [2.24, 2.45) is 0 Å². The Kier molecular flexibility index (Phi) is 3.80. The molecule has 1 heterocycles. The van der Waals surface area contributed by atoms with Gasteiger partial charge in [0.05, 0.1) is 6.10 Å². The number of aliphatic hydroxyl groups is 1. The van der Waals surface area contributed by atoms with Crippen molar-refractivity contribution in [2.75, 3.05) is 18.5 Å². The van der Waals surface area contributed by atoms with Crippen LogP contribution in [0.4, 0.5) is 5.69 Å². The Morgan fingerprint density at radius 3 is 2.69 bits per heavy atom. The fourth-order valence-electron chi connectivity index (χ4n) is 2.05. The van der Waals surface area contributed by atoms with E-state index in [1.807, 2.05) is 24.3 Å². The van der Waals surface area contributed by atoms with Crippen molar-refractivity contribution >= 4 is 5.69 Å². The number of rotatable bonds is 3. The van der Waals surface area contributed by atoms with E-state index in [0.717, 1.165) is 37.3 Å². The molecule has 0 spiro atoms. The van der Waals surface area contributed by atoms with Crippen molar-refractivity contribution in [3.05, 3.63) is 29.8 Å². The van der Waals surface area contributed by atoms with E-state index in [-0.39, 0.29) is 0 Å². The van der Waals surface area contributed by atoms with E-state index in [1.165, 1.54) is 0 Å². The number of para-hydroxylation sites is 1. The molecule has 1 unspecified atom stereocenters. The highest BCUT2D eigenvalue weighted by Crippen LogP contribution is 2.24. The number of nitrogens with one attached hydrogen (secondary N) is 1. The molecule has 2 N–H and O–H groups in total. The third-order valence-electron chi connectivity index (χ3n) is 2.99. The molecular formula is C13H19NO2. The first-order chi connectivity index (χ1) is 7.77. The Morgan fingerprint density at radius 1 is 1.31 bits per heavy atom. The second-order valence-corrected chi connectivity index (χ2v) is 4.29. The van der Waals surface area contributed by atoms with Crippen molar-refractivity contribution in [3.63, 3.8) is 0 Å². The van der Waals surface area contributed by atoms with Crippen LogP contribution in [0.1, 0.15) is 31.4 Å². The van der Waals surface area contributed by atoms with Gasteiger partial charge >= 0.3 is 0 Å². The molecule has 0 aliphatic carbocycles. The van der Waals surface area contributed by atoms with E-state index in [1.54, 1.807) is 6.92 Å². The molecule has 2 rings (SSSR count). The number of ether oxygens (including phenoxy) is 1. The predicted octanol–water partition coefficient (Wildman–Crippen LogP) is 2.33. The van der Waals surface area contributed by atoms with Gasteiger partial charge in [-0.15, -0.1) is 0 Å². The van der Waals surface area contributed by atoms with Crippen LogP contribution in [0.5, 0.6) is 0 Å². The maximum atomic E-state index is 9.67. The number of anilines is 1. The molecule has 3 nitrogen and oxygen atoms in total. The number of benzene rings is 1. The Labute approximate surface area is 96.4 Å². The summed E-state index contributed by atoms with van der Waals surface area (Å²) in [6.45, 7) is 3.45. The van der Waals surface area contributed by atoms with Crippen LogP contribution in [0.15, 0.2) is 24.3 Å². The smallest absolute Gasteiger partial charge is 0.0781 e. The van der Waals surface area contributed by atoms with E-state index in [9.17, 15) is 5.11 Å². The first-order valence-electron chi connectivity index (χ1n) is 5.88. The van der Waals surface area contributed by atoms with Gasteiger partial charge in [-0.2, -0.15) is 0 Å². The molecule has 1 saturated heterocycles. The zero-order chi connectivity index (χ0) is 11.4. The Hall–Kier alpha value is -1.06. The average Bonchev–Trinajstić information content (AvgIpc) is 2.31. The third kappa shape index (κ3) is 2.74. The maximum Gasteiger partial charge on any atom is 0.0781 e. The lowest BCUT2D eigenvalue weighted by molar-refractivity contribution is 0.0904. The first kappa shape index (κ1) is 11.4. The molecule has 1 aromatic carbocycles. The molecule has 0 aromatic heterocycles. The molecule has 1 aromatic rings. The van der Waals surface area contributed by atoms with Gasteiger partial charge in [0.25, 0.3) is 0 Å². The molecule has 16 heavy (non-hydrogen) atoms. The van der Waals surface area contributed by atoms with Gasteiger partial charge in [-0.3, -0.25) is 0 Å². The number of hydrogen-bond donors (Lipinski definition) is 2. The molecule has 0 bridgehead atoms. The lowest BCUT2D eigenvalue weighted by Crippen LogP contribution is -2.28. The van der Waals surface area contributed by atoms with Gasteiger partial charge in [0.1, 0.15) is 0 Å². The summed E-state index contributed by atoms with van der Waals surface area (Å²) in [6.07, 6.45) is 1.64. The second-order valence-electron chi connectivity index (χ2n) is 4.29. The average molecular weight is 221 g/mol. The fraction of sp³-hybridized carbons (Fsp3) is 0.538. The van der Waals surface area contributed by atoms with E-state index < -0.39 is 6.10 Å². The summed E-state index contributed by atoms with van der Waals surface area (Å²) in [5, 5.41) is 13.2. The molecule has 1 aliphatic rings. The van der Waals surface area contributed by atoms with Crippen molar-refractivity contribution in [1.82, 2.24) is 0 Å². The largest absolute Gasteiger partial charge is 0.389 e. The van der Waals surface area contributed by atoms with Crippen LogP contribution < -0.4 is 5.32 Å². The van der Waals surface area contributed by atoms with E-state index in [2.05, 4.69) is 5.32 Å². The van der Waals surface area contributed by atoms with Crippen LogP contribution in [-0.4, -0.2) is 24.4 Å². The minimum absolute atomic E-state index is 0.427. The Balaban J connectivity index is 2.07. The molecule has 0 amide bonds. The van der Waals surface area contributed by atoms with Crippen molar-refractivity contribution < 1.29 is 9.84 Å². The van der Waals surface area contributed by atoms with Crippen molar-refractivity contribution in [3.8, 4) is 0 Å². The number of aliphatic hydroxyl groups excluding tert-OH is 1. The topological polar surface area (TPSA) is 41.5 Å². The summed E-state index contributed by atoms with van der Waals surface area (Å²) in [6, 6.07) is 8.41. The highest BCUT2D eigenvalue weighted by molar-refractivity contribution is 5.52. The highest BCUT2D eigenvalue weighted by atomic mass is 16.5. The van der Waals surface area contributed by atoms with Gasteiger partial charge in [-0.1, -0.05) is 18.2 Å². The van der Waals surface area contributed by atoms with E-state index in [4.69, 9.17) is 4.74 Å². The van der Waals surface area contributed by atoms with Crippen LogP contribution in [0, 0.1) is 0 Å². The lowest BCUT2D eigenvalue weighted by Gasteiger charge is -2.25. The molecule has 0 radical (unpaired) electrons. The van der Waals surface area contributed by atoms with E-state index >= 15 is 0 Å². The zero-order valence-corrected chi connectivity index (χ0v) is 9.65. The summed E-state index contributed by atoms with van der Waals surface area (Å²) >= 11 is 0. The normalized spacial score (nSPS) is 19.4. The van der Waals surface area contributed by atoms with Gasteiger partial charge < -0.3 is 15.2 Å². The SMILES string of the molecule is CC(O)c1ccccc1NC1CCOCC1. The third-order valence-corrected chi connectivity index (χ3v) is 2.99. The van der Waals surface area contributed by atoms with Crippen LogP contribution in [-0.2, 0) is 4.74 Å².